The smallest absolute Gasteiger partial charge is 0.193 e. The van der Waals surface area contributed by atoms with Gasteiger partial charge in [-0.1, -0.05) is 12.1 Å². The van der Waals surface area contributed by atoms with E-state index in [1.165, 1.54) is 18.0 Å². The van der Waals surface area contributed by atoms with Gasteiger partial charge in [-0.2, -0.15) is 0 Å². The highest BCUT2D eigenvalue weighted by molar-refractivity contribution is 7.99. The predicted octanol–water partition coefficient (Wildman–Crippen LogP) is 3.09. The molecular weight excluding hydrogens is 312 g/mol. The quantitative estimate of drug-likeness (QED) is 0.692. The number of aromatic nitrogens is 2. The Hall–Kier alpha value is -1.31. The van der Waals surface area contributed by atoms with Crippen molar-refractivity contribution >= 4 is 37.9 Å². The summed E-state index contributed by atoms with van der Waals surface area (Å²) in [6.07, 6.45) is 5.17. The van der Waals surface area contributed by atoms with Crippen LogP contribution < -0.4 is 0 Å². The number of nitrogens with zero attached hydrogens (tertiary/aromatic N) is 2. The molecule has 1 aromatic carbocycles. The molecule has 20 heavy (non-hydrogen) atoms. The minimum atomic E-state index is -3.20. The molecule has 0 radical (unpaired) electrons. The molecule has 0 aliphatic rings. The molecule has 0 spiro atoms. The fourth-order valence-corrected chi connectivity index (χ4v) is 4.81. The first kappa shape index (κ1) is 13.7. The second-order valence-corrected chi connectivity index (χ2v) is 8.21. The Labute approximate surface area is 125 Å². The molecule has 4 nitrogen and oxygen atoms in total. The number of benzene rings is 1. The summed E-state index contributed by atoms with van der Waals surface area (Å²) in [5.74, 6) is 0.654. The summed E-state index contributed by atoms with van der Waals surface area (Å²) in [7, 11) is -3.20. The van der Waals surface area contributed by atoms with E-state index in [2.05, 4.69) is 4.98 Å². The first-order valence-electron chi connectivity index (χ1n) is 5.87. The minimum absolute atomic E-state index is 0.381. The van der Waals surface area contributed by atoms with Crippen molar-refractivity contribution in [1.29, 1.82) is 0 Å². The zero-order valence-electron chi connectivity index (χ0n) is 10.7. The molecule has 0 unspecified atom stereocenters. The van der Waals surface area contributed by atoms with Crippen molar-refractivity contribution in [1.82, 2.24) is 9.38 Å². The highest BCUT2D eigenvalue weighted by Crippen LogP contribution is 2.29. The van der Waals surface area contributed by atoms with Gasteiger partial charge in [0.05, 0.1) is 10.6 Å². The molecule has 3 aromatic rings. The van der Waals surface area contributed by atoms with Crippen molar-refractivity contribution < 1.29 is 8.42 Å². The van der Waals surface area contributed by atoms with Crippen LogP contribution in [0.25, 0.3) is 4.96 Å². The molecule has 0 aliphatic carbocycles. The third kappa shape index (κ3) is 2.74. The number of imidazole rings is 1. The molecule has 104 valence electrons. The van der Waals surface area contributed by atoms with Crippen LogP contribution in [0.5, 0.6) is 0 Å². The van der Waals surface area contributed by atoms with Gasteiger partial charge in [-0.25, -0.2) is 13.4 Å². The average molecular weight is 324 g/mol. The van der Waals surface area contributed by atoms with E-state index < -0.39 is 9.84 Å². The topological polar surface area (TPSA) is 51.4 Å². The van der Waals surface area contributed by atoms with E-state index in [9.17, 15) is 8.42 Å². The zero-order chi connectivity index (χ0) is 14.2. The van der Waals surface area contributed by atoms with E-state index in [-0.39, 0.29) is 0 Å². The number of hydrogen-bond acceptors (Lipinski definition) is 5. The number of hydrogen-bond donors (Lipinski definition) is 0. The first-order valence-corrected chi connectivity index (χ1v) is 9.63. The summed E-state index contributed by atoms with van der Waals surface area (Å²) in [6.45, 7) is 0. The third-order valence-electron chi connectivity index (χ3n) is 2.77. The highest BCUT2D eigenvalue weighted by Gasteiger charge is 2.13. The maximum atomic E-state index is 11.7. The Bertz CT molecular complexity index is 821. The standard InChI is InChI=1S/C13H12N2O2S3/c1-20(16,17)12-5-3-2-4-11(12)19-9-10-8-15-6-7-18-13(15)14-10/h2-8H,9H2,1H3. The summed E-state index contributed by atoms with van der Waals surface area (Å²) in [5, 5.41) is 1.98. The van der Waals surface area contributed by atoms with Crippen LogP contribution in [-0.4, -0.2) is 24.1 Å². The summed E-state index contributed by atoms with van der Waals surface area (Å²) in [4.78, 5) is 6.60. The second kappa shape index (κ2) is 5.23. The number of sulfone groups is 1. The fraction of sp³-hybridized carbons (Fsp3) is 0.154. The van der Waals surface area contributed by atoms with Gasteiger partial charge in [0.25, 0.3) is 0 Å². The summed E-state index contributed by atoms with van der Waals surface area (Å²) < 4.78 is 25.4. The molecule has 0 aliphatic heterocycles. The minimum Gasteiger partial charge on any atom is -0.297 e. The Morgan fingerprint density at radius 2 is 2.15 bits per heavy atom. The molecule has 0 bridgehead atoms. The summed E-state index contributed by atoms with van der Waals surface area (Å²) >= 11 is 3.08. The molecular formula is C13H12N2O2S3. The van der Waals surface area contributed by atoms with Crippen LogP contribution in [0.4, 0.5) is 0 Å². The van der Waals surface area contributed by atoms with E-state index in [1.54, 1.807) is 23.5 Å². The molecule has 0 N–H and O–H groups in total. The Kier molecular flexibility index (Phi) is 3.57. The van der Waals surface area contributed by atoms with Crippen molar-refractivity contribution in [3.8, 4) is 0 Å². The summed E-state index contributed by atoms with van der Waals surface area (Å²) in [6, 6.07) is 7.07. The molecule has 0 atom stereocenters. The van der Waals surface area contributed by atoms with Crippen LogP contribution >= 0.6 is 23.1 Å². The van der Waals surface area contributed by atoms with Gasteiger partial charge in [0.15, 0.2) is 14.8 Å². The molecule has 2 heterocycles. The van der Waals surface area contributed by atoms with Crippen LogP contribution in [0.1, 0.15) is 5.69 Å². The van der Waals surface area contributed by atoms with Crippen molar-refractivity contribution in [2.45, 2.75) is 15.5 Å². The van der Waals surface area contributed by atoms with Crippen LogP contribution in [0, 0.1) is 0 Å². The Morgan fingerprint density at radius 1 is 1.35 bits per heavy atom. The summed E-state index contributed by atoms with van der Waals surface area (Å²) in [5.41, 5.74) is 0.949. The lowest BCUT2D eigenvalue weighted by atomic mass is 10.4. The van der Waals surface area contributed by atoms with Crippen molar-refractivity contribution in [3.63, 3.8) is 0 Å². The number of thioether (sulfide) groups is 1. The molecule has 0 saturated carbocycles. The van der Waals surface area contributed by atoms with Crippen LogP contribution in [0.15, 0.2) is 51.8 Å². The van der Waals surface area contributed by atoms with E-state index >= 15 is 0 Å². The van der Waals surface area contributed by atoms with E-state index in [0.29, 0.717) is 10.6 Å². The lowest BCUT2D eigenvalue weighted by Gasteiger charge is -2.06. The molecule has 2 aromatic heterocycles. The van der Waals surface area contributed by atoms with E-state index in [1.807, 2.05) is 34.3 Å². The van der Waals surface area contributed by atoms with E-state index in [4.69, 9.17) is 0 Å². The van der Waals surface area contributed by atoms with Gasteiger partial charge in [0.2, 0.25) is 0 Å². The lowest BCUT2D eigenvalue weighted by molar-refractivity contribution is 0.600. The van der Waals surface area contributed by atoms with Crippen LogP contribution in [0.3, 0.4) is 0 Å². The van der Waals surface area contributed by atoms with Crippen LogP contribution in [0.2, 0.25) is 0 Å². The maximum absolute atomic E-state index is 11.7. The highest BCUT2D eigenvalue weighted by atomic mass is 32.2. The Balaban J connectivity index is 1.83. The lowest BCUT2D eigenvalue weighted by Crippen LogP contribution is -1.99. The monoisotopic (exact) mass is 324 g/mol. The average Bonchev–Trinajstić information content (AvgIpc) is 2.96. The molecule has 0 saturated heterocycles. The van der Waals surface area contributed by atoms with Crippen molar-refractivity contribution in [2.24, 2.45) is 0 Å². The first-order chi connectivity index (χ1) is 9.54. The van der Waals surface area contributed by atoms with Gasteiger partial charge >= 0.3 is 0 Å². The van der Waals surface area contributed by atoms with Gasteiger partial charge in [-0.15, -0.1) is 23.1 Å². The SMILES string of the molecule is CS(=O)(=O)c1ccccc1SCc1cn2ccsc2n1. The van der Waals surface area contributed by atoms with Gasteiger partial charge in [-0.3, -0.25) is 4.40 Å². The van der Waals surface area contributed by atoms with Crippen molar-refractivity contribution in [3.05, 3.63) is 47.7 Å². The normalized spacial score (nSPS) is 12.1. The Morgan fingerprint density at radius 3 is 2.90 bits per heavy atom. The molecule has 0 amide bonds. The third-order valence-corrected chi connectivity index (χ3v) is 5.93. The predicted molar refractivity (Wildman–Crippen MR) is 82.2 cm³/mol. The second-order valence-electron chi connectivity index (χ2n) is 4.33. The van der Waals surface area contributed by atoms with Gasteiger partial charge in [0, 0.05) is 34.7 Å². The van der Waals surface area contributed by atoms with Crippen LogP contribution in [-0.2, 0) is 15.6 Å². The molecule has 7 heteroatoms. The fourth-order valence-electron chi connectivity index (χ4n) is 1.87. The molecule has 0 fully saturated rings. The number of fused-ring (bicyclic) bond motifs is 1. The maximum Gasteiger partial charge on any atom is 0.193 e. The van der Waals surface area contributed by atoms with Gasteiger partial charge < -0.3 is 0 Å². The van der Waals surface area contributed by atoms with Gasteiger partial charge in [-0.05, 0) is 12.1 Å². The van der Waals surface area contributed by atoms with Gasteiger partial charge in [0.1, 0.15) is 0 Å². The largest absolute Gasteiger partial charge is 0.297 e. The van der Waals surface area contributed by atoms with E-state index in [0.717, 1.165) is 15.6 Å². The van der Waals surface area contributed by atoms with Crippen molar-refractivity contribution in [2.75, 3.05) is 6.26 Å². The molecule has 3 rings (SSSR count). The zero-order valence-corrected chi connectivity index (χ0v) is 13.1. The number of thiazole rings is 1. The number of rotatable bonds is 4.